The predicted molar refractivity (Wildman–Crippen MR) is 62.4 cm³/mol. The largest absolute Gasteiger partial charge is 0.509 e. The van der Waals surface area contributed by atoms with Gasteiger partial charge in [-0.25, -0.2) is 0 Å². The third kappa shape index (κ3) is 1.58. The van der Waals surface area contributed by atoms with Crippen molar-refractivity contribution in [1.82, 2.24) is 0 Å². The van der Waals surface area contributed by atoms with E-state index in [1.807, 2.05) is 12.1 Å². The van der Waals surface area contributed by atoms with Gasteiger partial charge >= 0.3 is 6.98 Å². The standard InChI is InChI=1S/C12H7BF3O/c14-13(15,16)8-5-6-10-9-3-1-2-4-11(9)17-12(10)7-8/h1-7H/q-1. The van der Waals surface area contributed by atoms with Crippen LogP contribution in [0.5, 0.6) is 0 Å². The molecular formula is C12H7BF3O-. The molecule has 0 atom stereocenters. The summed E-state index contributed by atoms with van der Waals surface area (Å²) in [4.78, 5) is 0. The summed E-state index contributed by atoms with van der Waals surface area (Å²) in [6, 6.07) is 10.8. The van der Waals surface area contributed by atoms with E-state index < -0.39 is 12.4 Å². The highest BCUT2D eigenvalue weighted by molar-refractivity contribution is 6.73. The molecule has 0 aliphatic carbocycles. The van der Waals surface area contributed by atoms with Crippen LogP contribution in [0.1, 0.15) is 0 Å². The molecule has 0 saturated heterocycles. The van der Waals surface area contributed by atoms with Crippen LogP contribution in [-0.4, -0.2) is 6.98 Å². The number of halogens is 3. The summed E-state index contributed by atoms with van der Waals surface area (Å²) in [5.41, 5.74) is 0.258. The molecule has 3 rings (SSSR count). The van der Waals surface area contributed by atoms with Crippen LogP contribution < -0.4 is 5.46 Å². The second-order valence-electron chi connectivity index (χ2n) is 3.93. The van der Waals surface area contributed by atoms with Crippen LogP contribution in [0.3, 0.4) is 0 Å². The van der Waals surface area contributed by atoms with Crippen molar-refractivity contribution in [3.05, 3.63) is 42.5 Å². The van der Waals surface area contributed by atoms with Crippen molar-refractivity contribution in [1.29, 1.82) is 0 Å². The van der Waals surface area contributed by atoms with Crippen molar-refractivity contribution in [2.24, 2.45) is 0 Å². The Morgan fingerprint density at radius 3 is 2.29 bits per heavy atom. The molecule has 1 aromatic heterocycles. The first-order valence-corrected chi connectivity index (χ1v) is 5.17. The molecule has 0 bridgehead atoms. The van der Waals surface area contributed by atoms with E-state index >= 15 is 0 Å². The Bertz CT molecular complexity index is 700. The highest BCUT2D eigenvalue weighted by Gasteiger charge is 2.26. The predicted octanol–water partition coefficient (Wildman–Crippen LogP) is 3.64. The van der Waals surface area contributed by atoms with E-state index in [0.717, 1.165) is 17.5 Å². The minimum absolute atomic E-state index is 0.280. The van der Waals surface area contributed by atoms with Crippen LogP contribution in [0.2, 0.25) is 0 Å². The van der Waals surface area contributed by atoms with E-state index in [1.54, 1.807) is 12.1 Å². The number of hydrogen-bond donors (Lipinski definition) is 0. The van der Waals surface area contributed by atoms with Gasteiger partial charge in [0, 0.05) is 10.8 Å². The topological polar surface area (TPSA) is 13.1 Å². The van der Waals surface area contributed by atoms with Crippen molar-refractivity contribution in [3.8, 4) is 0 Å². The van der Waals surface area contributed by atoms with E-state index in [4.69, 9.17) is 4.42 Å². The fraction of sp³-hybridized carbons (Fsp3) is 0. The van der Waals surface area contributed by atoms with Crippen LogP contribution in [0.25, 0.3) is 21.9 Å². The smallest absolute Gasteiger partial charge is 0.456 e. The van der Waals surface area contributed by atoms with Crippen molar-refractivity contribution >= 4 is 34.4 Å². The fourth-order valence-electron chi connectivity index (χ4n) is 1.95. The molecule has 0 radical (unpaired) electrons. The molecule has 0 spiro atoms. The average Bonchev–Trinajstić information content (AvgIpc) is 2.65. The van der Waals surface area contributed by atoms with Gasteiger partial charge in [0.2, 0.25) is 0 Å². The lowest BCUT2D eigenvalue weighted by atomic mass is 9.80. The molecular weight excluding hydrogens is 228 g/mol. The van der Waals surface area contributed by atoms with Crippen LogP contribution in [0, 0.1) is 0 Å². The normalized spacial score (nSPS) is 12.4. The number of rotatable bonds is 1. The van der Waals surface area contributed by atoms with Crippen LogP contribution in [-0.2, 0) is 0 Å². The number of furan rings is 1. The van der Waals surface area contributed by atoms with Gasteiger partial charge in [-0.3, -0.25) is 0 Å². The van der Waals surface area contributed by atoms with Gasteiger partial charge in [-0.1, -0.05) is 30.3 Å². The molecule has 0 aliphatic heterocycles. The van der Waals surface area contributed by atoms with E-state index in [0.29, 0.717) is 11.0 Å². The quantitative estimate of drug-likeness (QED) is 0.587. The Morgan fingerprint density at radius 2 is 1.53 bits per heavy atom. The first-order valence-electron chi connectivity index (χ1n) is 5.17. The van der Waals surface area contributed by atoms with E-state index in [2.05, 4.69) is 0 Å². The fourth-order valence-corrected chi connectivity index (χ4v) is 1.95. The number of benzene rings is 2. The third-order valence-electron chi connectivity index (χ3n) is 2.78. The zero-order valence-corrected chi connectivity index (χ0v) is 8.66. The summed E-state index contributed by atoms with van der Waals surface area (Å²) in [7, 11) is 0. The molecule has 0 N–H and O–H groups in total. The first kappa shape index (κ1) is 10.3. The van der Waals surface area contributed by atoms with Crippen LogP contribution in [0.15, 0.2) is 46.9 Å². The van der Waals surface area contributed by atoms with Crippen LogP contribution >= 0.6 is 0 Å². The Morgan fingerprint density at radius 1 is 0.824 bits per heavy atom. The summed E-state index contributed by atoms with van der Waals surface area (Å²) < 4.78 is 43.2. The number of para-hydroxylation sites is 1. The average molecular weight is 235 g/mol. The highest BCUT2D eigenvalue weighted by Crippen LogP contribution is 2.28. The van der Waals surface area contributed by atoms with Crippen molar-refractivity contribution < 1.29 is 17.4 Å². The Kier molecular flexibility index (Phi) is 1.99. The molecule has 0 unspecified atom stereocenters. The van der Waals surface area contributed by atoms with Crippen molar-refractivity contribution in [3.63, 3.8) is 0 Å². The van der Waals surface area contributed by atoms with Gasteiger partial charge < -0.3 is 17.4 Å². The maximum Gasteiger partial charge on any atom is 0.509 e. The molecule has 3 aromatic rings. The molecule has 0 amide bonds. The summed E-state index contributed by atoms with van der Waals surface area (Å²) >= 11 is 0. The molecule has 0 aliphatic rings. The minimum atomic E-state index is -4.98. The molecule has 2 aromatic carbocycles. The second-order valence-corrected chi connectivity index (χ2v) is 3.93. The number of fused-ring (bicyclic) bond motifs is 3. The Balaban J connectivity index is 2.34. The minimum Gasteiger partial charge on any atom is -0.456 e. The molecule has 1 heterocycles. The molecule has 0 fully saturated rings. The van der Waals surface area contributed by atoms with Gasteiger partial charge in [0.15, 0.2) is 0 Å². The first-order chi connectivity index (χ1) is 8.05. The summed E-state index contributed by atoms with van der Waals surface area (Å²) in [6.07, 6.45) is 0. The van der Waals surface area contributed by atoms with E-state index in [1.165, 1.54) is 6.07 Å². The van der Waals surface area contributed by atoms with Crippen molar-refractivity contribution in [2.75, 3.05) is 0 Å². The Labute approximate surface area is 94.9 Å². The zero-order valence-electron chi connectivity index (χ0n) is 8.66. The van der Waals surface area contributed by atoms with Gasteiger partial charge in [-0.2, -0.15) is 0 Å². The third-order valence-corrected chi connectivity index (χ3v) is 2.78. The summed E-state index contributed by atoms with van der Waals surface area (Å²) in [6.45, 7) is -4.98. The van der Waals surface area contributed by atoms with Crippen molar-refractivity contribution in [2.45, 2.75) is 0 Å². The molecule has 17 heavy (non-hydrogen) atoms. The lowest BCUT2D eigenvalue weighted by molar-refractivity contribution is 0.501. The maximum absolute atomic E-state index is 12.6. The lowest BCUT2D eigenvalue weighted by Crippen LogP contribution is -2.33. The van der Waals surface area contributed by atoms with Gasteiger partial charge in [0.05, 0.1) is 0 Å². The molecule has 1 nitrogen and oxygen atoms in total. The van der Waals surface area contributed by atoms with Gasteiger partial charge in [-0.05, 0) is 12.1 Å². The Hall–Kier alpha value is -1.91. The molecule has 5 heteroatoms. The maximum atomic E-state index is 12.6. The zero-order chi connectivity index (χ0) is 12.0. The molecule has 0 saturated carbocycles. The second kappa shape index (κ2) is 3.29. The lowest BCUT2D eigenvalue weighted by Gasteiger charge is -2.13. The number of hydrogen-bond acceptors (Lipinski definition) is 1. The van der Waals surface area contributed by atoms with E-state index in [-0.39, 0.29) is 5.58 Å². The highest BCUT2D eigenvalue weighted by atomic mass is 19.4. The van der Waals surface area contributed by atoms with Gasteiger partial charge in [0.1, 0.15) is 11.2 Å². The van der Waals surface area contributed by atoms with Crippen LogP contribution in [0.4, 0.5) is 12.9 Å². The van der Waals surface area contributed by atoms with Gasteiger partial charge in [0.25, 0.3) is 0 Å². The van der Waals surface area contributed by atoms with E-state index in [9.17, 15) is 12.9 Å². The monoisotopic (exact) mass is 235 g/mol. The van der Waals surface area contributed by atoms with Gasteiger partial charge in [-0.15, -0.1) is 5.46 Å². The summed E-state index contributed by atoms with van der Waals surface area (Å²) in [5, 5.41) is 1.55. The SMILES string of the molecule is F[B-](F)(F)c1ccc2c(c1)oc1ccccc12. The summed E-state index contributed by atoms with van der Waals surface area (Å²) in [5.74, 6) is 0. The molecule has 86 valence electrons.